The summed E-state index contributed by atoms with van der Waals surface area (Å²) in [6.45, 7) is 7.60. The minimum absolute atomic E-state index is 0.0893. The van der Waals surface area contributed by atoms with Crippen LogP contribution in [-0.4, -0.2) is 51.2 Å². The number of nitrogens with one attached hydrogen (secondary N) is 1. The third-order valence-corrected chi connectivity index (χ3v) is 2.70. The fraction of sp³-hybridized carbons (Fsp3) is 0.692. The Morgan fingerprint density at radius 2 is 2.05 bits per heavy atom. The number of esters is 1. The van der Waals surface area contributed by atoms with Crippen LogP contribution in [0.1, 0.15) is 50.6 Å². The van der Waals surface area contributed by atoms with Gasteiger partial charge in [-0.3, -0.25) is 14.7 Å². The van der Waals surface area contributed by atoms with Gasteiger partial charge in [0.05, 0.1) is 6.61 Å². The van der Waals surface area contributed by atoms with Gasteiger partial charge in [0.15, 0.2) is 0 Å². The number of H-pyrrole nitrogens is 1. The van der Waals surface area contributed by atoms with Crippen LogP contribution in [0.4, 0.5) is 0 Å². The SMILES string of the molecule is CCCc1nc(C(=O)N(CC(=O)OCC)C(C)C)n[nH]1. The van der Waals surface area contributed by atoms with E-state index >= 15 is 0 Å². The van der Waals surface area contributed by atoms with Gasteiger partial charge in [-0.25, -0.2) is 4.98 Å². The van der Waals surface area contributed by atoms with Gasteiger partial charge in [0.2, 0.25) is 5.82 Å². The minimum atomic E-state index is -0.432. The predicted molar refractivity (Wildman–Crippen MR) is 73.2 cm³/mol. The molecule has 0 radical (unpaired) electrons. The molecule has 0 saturated heterocycles. The van der Waals surface area contributed by atoms with Crippen molar-refractivity contribution in [2.75, 3.05) is 13.2 Å². The van der Waals surface area contributed by atoms with Gasteiger partial charge in [0.25, 0.3) is 5.91 Å². The third-order valence-electron chi connectivity index (χ3n) is 2.70. The molecule has 0 saturated carbocycles. The molecule has 1 aromatic rings. The smallest absolute Gasteiger partial charge is 0.325 e. The van der Waals surface area contributed by atoms with Crippen molar-refractivity contribution in [1.29, 1.82) is 0 Å². The van der Waals surface area contributed by atoms with Crippen molar-refractivity contribution in [1.82, 2.24) is 20.1 Å². The molecule has 0 fully saturated rings. The fourth-order valence-electron chi connectivity index (χ4n) is 1.70. The van der Waals surface area contributed by atoms with Crippen molar-refractivity contribution < 1.29 is 14.3 Å². The molecule has 0 aromatic carbocycles. The molecule has 112 valence electrons. The molecule has 1 amide bonds. The van der Waals surface area contributed by atoms with Crippen LogP contribution in [0.15, 0.2) is 0 Å². The Balaban J connectivity index is 2.79. The minimum Gasteiger partial charge on any atom is -0.465 e. The highest BCUT2D eigenvalue weighted by molar-refractivity contribution is 5.92. The topological polar surface area (TPSA) is 88.2 Å². The Labute approximate surface area is 118 Å². The summed E-state index contributed by atoms with van der Waals surface area (Å²) in [7, 11) is 0. The van der Waals surface area contributed by atoms with Gasteiger partial charge in [-0.2, -0.15) is 0 Å². The van der Waals surface area contributed by atoms with Crippen LogP contribution in [0.3, 0.4) is 0 Å². The van der Waals surface area contributed by atoms with Crippen LogP contribution in [-0.2, 0) is 16.0 Å². The van der Waals surface area contributed by atoms with E-state index in [1.165, 1.54) is 4.90 Å². The summed E-state index contributed by atoms with van der Waals surface area (Å²) in [4.78, 5) is 29.4. The monoisotopic (exact) mass is 282 g/mol. The van der Waals surface area contributed by atoms with E-state index < -0.39 is 5.97 Å². The Morgan fingerprint density at radius 1 is 1.35 bits per heavy atom. The predicted octanol–water partition coefficient (Wildman–Crippen LogP) is 1.17. The van der Waals surface area contributed by atoms with Crippen LogP contribution in [0, 0.1) is 0 Å². The first-order chi connectivity index (χ1) is 9.49. The average molecular weight is 282 g/mol. The number of aromatic amines is 1. The second-order valence-electron chi connectivity index (χ2n) is 4.69. The van der Waals surface area contributed by atoms with Crippen molar-refractivity contribution in [3.8, 4) is 0 Å². The first-order valence-electron chi connectivity index (χ1n) is 6.87. The van der Waals surface area contributed by atoms with E-state index in [9.17, 15) is 9.59 Å². The standard InChI is InChI=1S/C13H22N4O3/c1-5-7-10-14-12(16-15-10)13(19)17(9(3)4)8-11(18)20-6-2/h9H,5-8H2,1-4H3,(H,14,15,16). The molecule has 1 N–H and O–H groups in total. The number of rotatable bonds is 7. The lowest BCUT2D eigenvalue weighted by molar-refractivity contribution is -0.144. The van der Waals surface area contributed by atoms with Gasteiger partial charge >= 0.3 is 5.97 Å². The van der Waals surface area contributed by atoms with E-state index in [1.807, 2.05) is 20.8 Å². The highest BCUT2D eigenvalue weighted by Crippen LogP contribution is 2.06. The van der Waals surface area contributed by atoms with E-state index in [0.29, 0.717) is 12.4 Å². The number of carbonyl (C=O) groups excluding carboxylic acids is 2. The van der Waals surface area contributed by atoms with Gasteiger partial charge < -0.3 is 9.64 Å². The van der Waals surface area contributed by atoms with Crippen LogP contribution in [0.25, 0.3) is 0 Å². The van der Waals surface area contributed by atoms with Crippen LogP contribution in [0.5, 0.6) is 0 Å². The number of amides is 1. The summed E-state index contributed by atoms with van der Waals surface area (Å²) >= 11 is 0. The molecule has 7 heteroatoms. The number of aryl methyl sites for hydroxylation is 1. The lowest BCUT2D eigenvalue weighted by Gasteiger charge is -2.24. The Bertz CT molecular complexity index is 456. The van der Waals surface area contributed by atoms with Crippen molar-refractivity contribution >= 4 is 11.9 Å². The van der Waals surface area contributed by atoms with Crippen molar-refractivity contribution in [2.24, 2.45) is 0 Å². The number of hydrogen-bond donors (Lipinski definition) is 1. The number of aromatic nitrogens is 3. The molecule has 7 nitrogen and oxygen atoms in total. The maximum atomic E-state index is 12.3. The molecular weight excluding hydrogens is 260 g/mol. The van der Waals surface area contributed by atoms with Crippen molar-refractivity contribution in [3.63, 3.8) is 0 Å². The molecule has 1 aromatic heterocycles. The lowest BCUT2D eigenvalue weighted by atomic mass is 10.3. The van der Waals surface area contributed by atoms with Crippen molar-refractivity contribution in [3.05, 3.63) is 11.6 Å². The molecule has 0 atom stereocenters. The second-order valence-corrected chi connectivity index (χ2v) is 4.69. The van der Waals surface area contributed by atoms with Gasteiger partial charge in [-0.1, -0.05) is 6.92 Å². The van der Waals surface area contributed by atoms with E-state index in [2.05, 4.69) is 15.2 Å². The van der Waals surface area contributed by atoms with E-state index in [4.69, 9.17) is 4.74 Å². The van der Waals surface area contributed by atoms with Crippen LogP contribution in [0.2, 0.25) is 0 Å². The van der Waals surface area contributed by atoms with E-state index in [-0.39, 0.29) is 24.3 Å². The highest BCUT2D eigenvalue weighted by Gasteiger charge is 2.25. The van der Waals surface area contributed by atoms with Gasteiger partial charge in [0.1, 0.15) is 12.4 Å². The number of hydrogen-bond acceptors (Lipinski definition) is 5. The summed E-state index contributed by atoms with van der Waals surface area (Å²) in [6, 6.07) is -0.139. The van der Waals surface area contributed by atoms with E-state index in [1.54, 1.807) is 6.92 Å². The Hall–Kier alpha value is -1.92. The molecule has 0 bridgehead atoms. The summed E-state index contributed by atoms with van der Waals surface area (Å²) in [5.74, 6) is -0.0346. The molecule has 0 aliphatic heterocycles. The zero-order chi connectivity index (χ0) is 15.1. The first-order valence-corrected chi connectivity index (χ1v) is 6.87. The lowest BCUT2D eigenvalue weighted by Crippen LogP contribution is -2.41. The van der Waals surface area contributed by atoms with Crippen LogP contribution < -0.4 is 0 Å². The Kier molecular flexibility index (Phi) is 6.14. The Morgan fingerprint density at radius 3 is 2.60 bits per heavy atom. The number of nitrogens with zero attached hydrogens (tertiary/aromatic N) is 3. The first kappa shape index (κ1) is 16.1. The number of carbonyl (C=O) groups is 2. The summed E-state index contributed by atoms with van der Waals surface area (Å²) in [6.07, 6.45) is 1.65. The summed E-state index contributed by atoms with van der Waals surface area (Å²) < 4.78 is 4.87. The maximum Gasteiger partial charge on any atom is 0.325 e. The normalized spacial score (nSPS) is 10.7. The molecule has 0 aliphatic carbocycles. The summed E-state index contributed by atoms with van der Waals surface area (Å²) in [5.41, 5.74) is 0. The average Bonchev–Trinajstić information content (AvgIpc) is 2.84. The quantitative estimate of drug-likeness (QED) is 0.758. The third kappa shape index (κ3) is 4.32. The van der Waals surface area contributed by atoms with Crippen LogP contribution >= 0.6 is 0 Å². The molecule has 0 aliphatic rings. The zero-order valence-electron chi connectivity index (χ0n) is 12.5. The molecule has 0 unspecified atom stereocenters. The highest BCUT2D eigenvalue weighted by atomic mass is 16.5. The van der Waals surface area contributed by atoms with Gasteiger partial charge in [-0.05, 0) is 27.2 Å². The number of ether oxygens (including phenoxy) is 1. The van der Waals surface area contributed by atoms with Gasteiger partial charge in [0, 0.05) is 12.5 Å². The molecular formula is C13H22N4O3. The zero-order valence-corrected chi connectivity index (χ0v) is 12.5. The fourth-order valence-corrected chi connectivity index (χ4v) is 1.70. The molecule has 20 heavy (non-hydrogen) atoms. The van der Waals surface area contributed by atoms with E-state index in [0.717, 1.165) is 12.8 Å². The largest absolute Gasteiger partial charge is 0.465 e. The second kappa shape index (κ2) is 7.62. The van der Waals surface area contributed by atoms with Gasteiger partial charge in [-0.15, -0.1) is 5.10 Å². The summed E-state index contributed by atoms with van der Waals surface area (Å²) in [5, 5.41) is 6.65. The molecule has 1 rings (SSSR count). The molecule has 1 heterocycles. The van der Waals surface area contributed by atoms with Crippen molar-refractivity contribution in [2.45, 2.75) is 46.6 Å². The molecule has 0 spiro atoms. The maximum absolute atomic E-state index is 12.3.